The molecule has 0 saturated carbocycles. The van der Waals surface area contributed by atoms with Crippen molar-refractivity contribution in [3.05, 3.63) is 70.8 Å². The van der Waals surface area contributed by atoms with Gasteiger partial charge in [0.05, 0.1) is 6.61 Å². The van der Waals surface area contributed by atoms with Crippen LogP contribution in [0, 0.1) is 11.8 Å². The summed E-state index contributed by atoms with van der Waals surface area (Å²) < 4.78 is 10.8. The number of carbonyl (C=O) groups is 3. The predicted octanol–water partition coefficient (Wildman–Crippen LogP) is 2.82. The van der Waals surface area contributed by atoms with Gasteiger partial charge in [0.2, 0.25) is 0 Å². The van der Waals surface area contributed by atoms with Crippen LogP contribution >= 0.6 is 0 Å². The molecule has 2 N–H and O–H groups in total. The second kappa shape index (κ2) is 14.4. The SMILES string of the molecule is CCOCCc1ccc(C#Cc2ccc(C(=O)N(C)C(C)(C(=O)NC)C(=O)NOC3CCCCO3)cc2)cc1. The molecule has 2 aromatic rings. The first kappa shape index (κ1) is 29.8. The molecular weight excluding hydrogens is 498 g/mol. The molecular formula is C30H37N3O6. The molecule has 39 heavy (non-hydrogen) atoms. The third kappa shape index (κ3) is 7.90. The maximum absolute atomic E-state index is 13.3. The molecule has 1 aliphatic rings. The highest BCUT2D eigenvalue weighted by Gasteiger charge is 2.47. The van der Waals surface area contributed by atoms with Crippen molar-refractivity contribution < 1.29 is 28.7 Å². The predicted molar refractivity (Wildman–Crippen MR) is 146 cm³/mol. The molecule has 1 aliphatic heterocycles. The number of carbonyl (C=O) groups excluding carboxylic acids is 3. The third-order valence-electron chi connectivity index (χ3n) is 6.68. The second-order valence-electron chi connectivity index (χ2n) is 9.33. The van der Waals surface area contributed by atoms with Gasteiger partial charge in [-0.05, 0) is 75.1 Å². The van der Waals surface area contributed by atoms with E-state index in [1.165, 1.54) is 26.6 Å². The molecule has 9 heteroatoms. The van der Waals surface area contributed by atoms with Crippen LogP contribution in [-0.2, 0) is 30.3 Å². The molecule has 1 heterocycles. The van der Waals surface area contributed by atoms with Crippen molar-refractivity contribution >= 4 is 17.7 Å². The highest BCUT2D eigenvalue weighted by molar-refractivity contribution is 6.12. The molecule has 2 unspecified atom stereocenters. The highest BCUT2D eigenvalue weighted by Crippen LogP contribution is 2.20. The van der Waals surface area contributed by atoms with Crippen LogP contribution in [0.4, 0.5) is 0 Å². The largest absolute Gasteiger partial charge is 0.381 e. The van der Waals surface area contributed by atoms with E-state index in [0.29, 0.717) is 31.8 Å². The molecule has 0 radical (unpaired) electrons. The topological polar surface area (TPSA) is 106 Å². The lowest BCUT2D eigenvalue weighted by Crippen LogP contribution is -2.65. The number of rotatable bonds is 10. The number of hydrogen-bond donors (Lipinski definition) is 2. The number of nitrogens with one attached hydrogen (secondary N) is 2. The molecule has 0 aromatic heterocycles. The summed E-state index contributed by atoms with van der Waals surface area (Å²) in [5, 5.41) is 2.46. The zero-order valence-electron chi connectivity index (χ0n) is 23.0. The van der Waals surface area contributed by atoms with Gasteiger partial charge in [0.15, 0.2) is 11.8 Å². The van der Waals surface area contributed by atoms with E-state index in [4.69, 9.17) is 14.3 Å². The molecule has 9 nitrogen and oxygen atoms in total. The number of amides is 3. The Labute approximate surface area is 230 Å². The lowest BCUT2D eigenvalue weighted by atomic mass is 9.96. The number of hydroxylamine groups is 1. The molecule has 208 valence electrons. The van der Waals surface area contributed by atoms with Gasteiger partial charge in [-0.15, -0.1) is 0 Å². The molecule has 1 saturated heterocycles. The average Bonchev–Trinajstić information content (AvgIpc) is 2.98. The number of hydrogen-bond acceptors (Lipinski definition) is 6. The van der Waals surface area contributed by atoms with Crippen molar-refractivity contribution in [2.75, 3.05) is 33.9 Å². The van der Waals surface area contributed by atoms with Crippen LogP contribution in [0.3, 0.4) is 0 Å². The minimum absolute atomic E-state index is 0.307. The van der Waals surface area contributed by atoms with E-state index in [9.17, 15) is 14.4 Å². The Morgan fingerprint density at radius 2 is 1.67 bits per heavy atom. The number of nitrogens with zero attached hydrogens (tertiary/aromatic N) is 1. The zero-order valence-corrected chi connectivity index (χ0v) is 23.0. The maximum Gasteiger partial charge on any atom is 0.279 e. The summed E-state index contributed by atoms with van der Waals surface area (Å²) >= 11 is 0. The van der Waals surface area contributed by atoms with E-state index in [1.807, 2.05) is 31.2 Å². The van der Waals surface area contributed by atoms with Gasteiger partial charge in [0, 0.05) is 50.4 Å². The molecule has 1 fully saturated rings. The fourth-order valence-electron chi connectivity index (χ4n) is 4.00. The summed E-state index contributed by atoms with van der Waals surface area (Å²) in [5.74, 6) is 4.28. The Balaban J connectivity index is 1.67. The fraction of sp³-hybridized carbons (Fsp3) is 0.433. The van der Waals surface area contributed by atoms with E-state index >= 15 is 0 Å². The fourth-order valence-corrected chi connectivity index (χ4v) is 4.00. The van der Waals surface area contributed by atoms with Crippen molar-refractivity contribution in [2.24, 2.45) is 0 Å². The van der Waals surface area contributed by atoms with Crippen LogP contribution in [0.5, 0.6) is 0 Å². The van der Waals surface area contributed by atoms with Gasteiger partial charge in [-0.3, -0.25) is 14.4 Å². The van der Waals surface area contributed by atoms with Crippen molar-refractivity contribution in [2.45, 2.75) is 51.4 Å². The van der Waals surface area contributed by atoms with Gasteiger partial charge in [-0.25, -0.2) is 10.3 Å². The van der Waals surface area contributed by atoms with Crippen LogP contribution in [0.1, 0.15) is 60.2 Å². The van der Waals surface area contributed by atoms with Crippen molar-refractivity contribution in [1.82, 2.24) is 15.7 Å². The first-order valence-corrected chi connectivity index (χ1v) is 13.2. The average molecular weight is 536 g/mol. The standard InChI is InChI=1S/C30H37N3O6/c1-5-37-21-19-24-13-11-22(12-14-24)9-10-23-15-17-25(18-16-23)27(34)33(4)30(2,28(35)31-3)29(36)32-39-26-8-6-7-20-38-26/h11-18,26H,5-8,19-21H2,1-4H3,(H,31,35)(H,32,36). The molecule has 2 aromatic carbocycles. The smallest absolute Gasteiger partial charge is 0.279 e. The van der Waals surface area contributed by atoms with Crippen LogP contribution in [0.2, 0.25) is 0 Å². The lowest BCUT2D eigenvalue weighted by Gasteiger charge is -2.36. The highest BCUT2D eigenvalue weighted by atomic mass is 16.8. The first-order valence-electron chi connectivity index (χ1n) is 13.2. The maximum atomic E-state index is 13.3. The molecule has 3 rings (SSSR count). The Kier molecular flexibility index (Phi) is 11.1. The summed E-state index contributed by atoms with van der Waals surface area (Å²) in [7, 11) is 2.80. The molecule has 3 amide bonds. The zero-order chi connectivity index (χ0) is 28.3. The second-order valence-corrected chi connectivity index (χ2v) is 9.33. The number of benzene rings is 2. The summed E-state index contributed by atoms with van der Waals surface area (Å²) in [4.78, 5) is 45.6. The summed E-state index contributed by atoms with van der Waals surface area (Å²) in [6.45, 7) is 5.28. The van der Waals surface area contributed by atoms with Gasteiger partial charge in [0.25, 0.3) is 17.7 Å². The lowest BCUT2D eigenvalue weighted by molar-refractivity contribution is -0.204. The van der Waals surface area contributed by atoms with Crippen molar-refractivity contribution in [3.63, 3.8) is 0 Å². The van der Waals surface area contributed by atoms with Crippen molar-refractivity contribution in [1.29, 1.82) is 0 Å². The molecule has 0 bridgehead atoms. The molecule has 0 aliphatic carbocycles. The molecule has 2 atom stereocenters. The van der Waals surface area contributed by atoms with E-state index < -0.39 is 29.6 Å². The monoisotopic (exact) mass is 535 g/mol. The van der Waals surface area contributed by atoms with E-state index in [2.05, 4.69) is 22.6 Å². The summed E-state index contributed by atoms with van der Waals surface area (Å²) in [5.41, 5.74) is 3.54. The minimum Gasteiger partial charge on any atom is -0.381 e. The van der Waals surface area contributed by atoms with Gasteiger partial charge >= 0.3 is 0 Å². The van der Waals surface area contributed by atoms with Gasteiger partial charge in [-0.2, -0.15) is 0 Å². The Morgan fingerprint density at radius 3 is 2.23 bits per heavy atom. The van der Waals surface area contributed by atoms with Crippen molar-refractivity contribution in [3.8, 4) is 11.8 Å². The van der Waals surface area contributed by atoms with E-state index in [0.717, 1.165) is 35.3 Å². The van der Waals surface area contributed by atoms with Crippen LogP contribution in [-0.4, -0.2) is 68.4 Å². The van der Waals surface area contributed by atoms with E-state index in [-0.39, 0.29) is 0 Å². The van der Waals surface area contributed by atoms with Gasteiger partial charge < -0.3 is 19.7 Å². The number of ether oxygens (including phenoxy) is 2. The Morgan fingerprint density at radius 1 is 1.03 bits per heavy atom. The van der Waals surface area contributed by atoms with Gasteiger partial charge in [-0.1, -0.05) is 24.0 Å². The number of likely N-dealkylation sites (N-methyl/N-ethyl adjacent to an activating group) is 2. The van der Waals surface area contributed by atoms with Crippen LogP contribution < -0.4 is 10.8 Å². The van der Waals surface area contributed by atoms with Crippen LogP contribution in [0.25, 0.3) is 0 Å². The third-order valence-corrected chi connectivity index (χ3v) is 6.68. The normalized spacial score (nSPS) is 16.3. The quantitative estimate of drug-likeness (QED) is 0.210. The first-order chi connectivity index (χ1) is 18.8. The Bertz CT molecular complexity index is 1180. The van der Waals surface area contributed by atoms with Crippen LogP contribution in [0.15, 0.2) is 48.5 Å². The molecule has 0 spiro atoms. The summed E-state index contributed by atoms with van der Waals surface area (Å²) in [6.07, 6.45) is 2.72. The summed E-state index contributed by atoms with van der Waals surface area (Å²) in [6, 6.07) is 14.7. The van der Waals surface area contributed by atoms with E-state index in [1.54, 1.807) is 24.3 Å². The minimum atomic E-state index is -1.87. The Hall–Kier alpha value is -3.71. The van der Waals surface area contributed by atoms with Gasteiger partial charge in [0.1, 0.15) is 0 Å².